The second kappa shape index (κ2) is 5.34. The summed E-state index contributed by atoms with van der Waals surface area (Å²) in [5.41, 5.74) is 0. The summed E-state index contributed by atoms with van der Waals surface area (Å²) in [7, 11) is 1.24. The van der Waals surface area contributed by atoms with Gasteiger partial charge in [0.15, 0.2) is 0 Å². The topological polar surface area (TPSA) is 63.6 Å². The molecule has 2 atom stereocenters. The Morgan fingerprint density at radius 2 is 2.07 bits per heavy atom. The number of hydrogen-bond donors (Lipinski definition) is 1. The molecule has 0 aromatic heterocycles. The minimum absolute atomic E-state index is 0.437. The number of carboxylic acids is 1. The fourth-order valence-corrected chi connectivity index (χ4v) is 1.84. The smallest absolute Gasteiger partial charge is 0.323 e. The Labute approximate surface area is 91.8 Å². The molecule has 0 aromatic rings. The molecule has 0 aromatic carbocycles. The lowest BCUT2D eigenvalue weighted by Gasteiger charge is -2.26. The van der Waals surface area contributed by atoms with Crippen LogP contribution in [0.4, 0.5) is 0 Å². The highest BCUT2D eigenvalue weighted by Crippen LogP contribution is 2.32. The first-order valence-electron chi connectivity index (χ1n) is 4.38. The van der Waals surface area contributed by atoms with E-state index in [1.165, 1.54) is 14.0 Å². The molecular formula is C9H15BrO4. The monoisotopic (exact) mass is 266 g/mol. The van der Waals surface area contributed by atoms with E-state index in [0.717, 1.165) is 0 Å². The second-order valence-electron chi connectivity index (χ2n) is 3.25. The molecule has 0 aliphatic carbocycles. The van der Waals surface area contributed by atoms with Crippen molar-refractivity contribution in [1.82, 2.24) is 0 Å². The molecule has 0 fully saturated rings. The van der Waals surface area contributed by atoms with Crippen LogP contribution < -0.4 is 0 Å². The van der Waals surface area contributed by atoms with E-state index in [2.05, 4.69) is 20.7 Å². The molecule has 0 bridgehead atoms. The summed E-state index contributed by atoms with van der Waals surface area (Å²) in [5.74, 6) is -2.31. The zero-order valence-corrected chi connectivity index (χ0v) is 10.1. The van der Waals surface area contributed by atoms with Crippen molar-refractivity contribution in [2.24, 2.45) is 5.92 Å². The first-order chi connectivity index (χ1) is 6.37. The molecule has 0 unspecified atom stereocenters. The van der Waals surface area contributed by atoms with Gasteiger partial charge in [0.1, 0.15) is 4.32 Å². The van der Waals surface area contributed by atoms with E-state index in [9.17, 15) is 9.59 Å². The van der Waals surface area contributed by atoms with Crippen molar-refractivity contribution >= 4 is 27.9 Å². The molecular weight excluding hydrogens is 252 g/mol. The highest BCUT2D eigenvalue weighted by molar-refractivity contribution is 9.10. The Hall–Kier alpha value is -0.580. The average molecular weight is 267 g/mol. The van der Waals surface area contributed by atoms with Gasteiger partial charge in [-0.05, 0) is 13.3 Å². The van der Waals surface area contributed by atoms with Crippen LogP contribution in [0.2, 0.25) is 0 Å². The van der Waals surface area contributed by atoms with E-state index in [-0.39, 0.29) is 0 Å². The third-order valence-corrected chi connectivity index (χ3v) is 2.99. The van der Waals surface area contributed by atoms with Gasteiger partial charge >= 0.3 is 11.9 Å². The molecule has 0 aliphatic heterocycles. The van der Waals surface area contributed by atoms with Crippen LogP contribution in [0.25, 0.3) is 0 Å². The lowest BCUT2D eigenvalue weighted by Crippen LogP contribution is -2.42. The Balaban J connectivity index is 4.79. The Morgan fingerprint density at radius 3 is 2.36 bits per heavy atom. The van der Waals surface area contributed by atoms with Crippen molar-refractivity contribution in [2.75, 3.05) is 7.11 Å². The van der Waals surface area contributed by atoms with Gasteiger partial charge in [-0.15, -0.1) is 0 Å². The van der Waals surface area contributed by atoms with Gasteiger partial charge in [-0.25, -0.2) is 0 Å². The highest BCUT2D eigenvalue weighted by atomic mass is 79.9. The minimum Gasteiger partial charge on any atom is -0.481 e. The standard InChI is InChI=1S/C9H15BrO4/c1-4-5-6(7(11)12)9(2,10)8(13)14-3/h6H,4-5H2,1-3H3,(H,11,12)/t6-,9-/m0/s1. The third kappa shape index (κ3) is 2.97. The van der Waals surface area contributed by atoms with Gasteiger partial charge in [-0.2, -0.15) is 0 Å². The first kappa shape index (κ1) is 13.4. The molecule has 4 nitrogen and oxygen atoms in total. The summed E-state index contributed by atoms with van der Waals surface area (Å²) in [6.45, 7) is 3.39. The maximum atomic E-state index is 11.3. The van der Waals surface area contributed by atoms with E-state index >= 15 is 0 Å². The van der Waals surface area contributed by atoms with Gasteiger partial charge in [0.05, 0.1) is 13.0 Å². The number of aliphatic carboxylic acids is 1. The minimum atomic E-state index is -1.15. The second-order valence-corrected chi connectivity index (χ2v) is 4.89. The number of alkyl halides is 1. The lowest BCUT2D eigenvalue weighted by molar-refractivity contribution is -0.152. The lowest BCUT2D eigenvalue weighted by atomic mass is 9.90. The summed E-state index contributed by atoms with van der Waals surface area (Å²) in [6, 6.07) is 0. The molecule has 14 heavy (non-hydrogen) atoms. The molecule has 82 valence electrons. The summed E-state index contributed by atoms with van der Waals surface area (Å²) >= 11 is 3.12. The third-order valence-electron chi connectivity index (χ3n) is 2.11. The van der Waals surface area contributed by atoms with Crippen LogP contribution in [0.15, 0.2) is 0 Å². The number of ether oxygens (including phenoxy) is 1. The normalized spacial score (nSPS) is 16.9. The zero-order valence-electron chi connectivity index (χ0n) is 8.54. The Kier molecular flexibility index (Phi) is 5.12. The number of carboxylic acid groups (broad SMARTS) is 1. The number of carbonyl (C=O) groups is 2. The molecule has 0 spiro atoms. The van der Waals surface area contributed by atoms with Gasteiger partial charge in [0.2, 0.25) is 0 Å². The van der Waals surface area contributed by atoms with Crippen molar-refractivity contribution in [3.63, 3.8) is 0 Å². The van der Waals surface area contributed by atoms with E-state index < -0.39 is 22.2 Å². The van der Waals surface area contributed by atoms with Crippen molar-refractivity contribution in [3.05, 3.63) is 0 Å². The maximum absolute atomic E-state index is 11.3. The molecule has 0 radical (unpaired) electrons. The van der Waals surface area contributed by atoms with Gasteiger partial charge in [0.25, 0.3) is 0 Å². The Bertz CT molecular complexity index is 225. The van der Waals surface area contributed by atoms with Crippen LogP contribution in [0, 0.1) is 5.92 Å². The average Bonchev–Trinajstić information content (AvgIpc) is 2.11. The summed E-state index contributed by atoms with van der Waals surface area (Å²) < 4.78 is 3.39. The van der Waals surface area contributed by atoms with Crippen molar-refractivity contribution in [3.8, 4) is 0 Å². The van der Waals surface area contributed by atoms with Crippen molar-refractivity contribution < 1.29 is 19.4 Å². The van der Waals surface area contributed by atoms with E-state index in [4.69, 9.17) is 5.11 Å². The maximum Gasteiger partial charge on any atom is 0.323 e. The quantitative estimate of drug-likeness (QED) is 0.609. The highest BCUT2D eigenvalue weighted by Gasteiger charge is 2.43. The fraction of sp³-hybridized carbons (Fsp3) is 0.778. The van der Waals surface area contributed by atoms with Gasteiger partial charge in [0, 0.05) is 0 Å². The number of methoxy groups -OCH3 is 1. The largest absolute Gasteiger partial charge is 0.481 e. The van der Waals surface area contributed by atoms with Crippen LogP contribution >= 0.6 is 15.9 Å². The number of rotatable bonds is 5. The van der Waals surface area contributed by atoms with Crippen LogP contribution in [-0.4, -0.2) is 28.5 Å². The van der Waals surface area contributed by atoms with E-state index in [1.54, 1.807) is 0 Å². The molecule has 0 rings (SSSR count). The van der Waals surface area contributed by atoms with Crippen LogP contribution in [0.3, 0.4) is 0 Å². The summed E-state index contributed by atoms with van der Waals surface area (Å²) in [4.78, 5) is 22.2. The zero-order chi connectivity index (χ0) is 11.4. The molecule has 0 heterocycles. The summed E-state index contributed by atoms with van der Waals surface area (Å²) in [5, 5.41) is 8.95. The predicted molar refractivity (Wildman–Crippen MR) is 55.4 cm³/mol. The van der Waals surface area contributed by atoms with E-state index in [1.807, 2.05) is 6.92 Å². The van der Waals surface area contributed by atoms with E-state index in [0.29, 0.717) is 12.8 Å². The van der Waals surface area contributed by atoms with Crippen molar-refractivity contribution in [2.45, 2.75) is 31.0 Å². The molecule has 0 amide bonds. The first-order valence-corrected chi connectivity index (χ1v) is 5.17. The fourth-order valence-electron chi connectivity index (χ4n) is 1.26. The van der Waals surface area contributed by atoms with Crippen LogP contribution in [-0.2, 0) is 14.3 Å². The number of hydrogen-bond acceptors (Lipinski definition) is 3. The number of carbonyl (C=O) groups excluding carboxylic acids is 1. The molecule has 0 aliphatic rings. The summed E-state index contributed by atoms with van der Waals surface area (Å²) in [6.07, 6.45) is 1.14. The predicted octanol–water partition coefficient (Wildman–Crippen LogP) is 1.81. The van der Waals surface area contributed by atoms with Gasteiger partial charge in [-0.1, -0.05) is 29.3 Å². The molecule has 0 saturated carbocycles. The SMILES string of the molecule is CCC[C@@H](C(=O)O)[C@](C)(Br)C(=O)OC. The molecule has 1 N–H and O–H groups in total. The van der Waals surface area contributed by atoms with Crippen molar-refractivity contribution in [1.29, 1.82) is 0 Å². The van der Waals surface area contributed by atoms with Crippen LogP contribution in [0.5, 0.6) is 0 Å². The van der Waals surface area contributed by atoms with Crippen LogP contribution in [0.1, 0.15) is 26.7 Å². The Morgan fingerprint density at radius 1 is 1.57 bits per heavy atom. The number of esters is 1. The molecule has 0 saturated heterocycles. The number of halogens is 1. The molecule has 5 heteroatoms. The van der Waals surface area contributed by atoms with Gasteiger partial charge in [-0.3, -0.25) is 9.59 Å². The van der Waals surface area contributed by atoms with Gasteiger partial charge < -0.3 is 9.84 Å².